The van der Waals surface area contributed by atoms with Gasteiger partial charge in [0.2, 0.25) is 5.95 Å². The highest BCUT2D eigenvalue weighted by atomic mass is 19.1. The fourth-order valence-electron chi connectivity index (χ4n) is 3.01. The molecule has 24 heavy (non-hydrogen) atoms. The lowest BCUT2D eigenvalue weighted by Gasteiger charge is -2.19. The van der Waals surface area contributed by atoms with Gasteiger partial charge in [-0.05, 0) is 36.8 Å². The lowest BCUT2D eigenvalue weighted by molar-refractivity contribution is 0.102. The number of nitrogens with one attached hydrogen (secondary N) is 1. The van der Waals surface area contributed by atoms with Crippen molar-refractivity contribution in [2.75, 3.05) is 5.32 Å². The second-order valence-electron chi connectivity index (χ2n) is 6.57. The summed E-state index contributed by atoms with van der Waals surface area (Å²) in [5, 5.41) is 6.82. The van der Waals surface area contributed by atoms with Crippen LogP contribution in [0.1, 0.15) is 61.1 Å². The molecule has 130 valence electrons. The molecule has 0 saturated carbocycles. The molecule has 0 radical (unpaired) electrons. The first-order chi connectivity index (χ1) is 11.3. The van der Waals surface area contributed by atoms with Crippen molar-refractivity contribution >= 4 is 11.6 Å². The van der Waals surface area contributed by atoms with Crippen LogP contribution < -0.4 is 5.32 Å². The topological polar surface area (TPSA) is 46.9 Å². The summed E-state index contributed by atoms with van der Waals surface area (Å²) >= 11 is 0. The molecule has 1 unspecified atom stereocenters. The monoisotopic (exact) mass is 331 g/mol. The molecule has 1 aromatic carbocycles. The third-order valence-electron chi connectivity index (χ3n) is 4.57. The largest absolute Gasteiger partial charge is 0.322 e. The van der Waals surface area contributed by atoms with Crippen LogP contribution in [0.4, 0.5) is 10.1 Å². The van der Waals surface area contributed by atoms with Crippen LogP contribution in [0.25, 0.3) is 0 Å². The van der Waals surface area contributed by atoms with Gasteiger partial charge in [-0.25, -0.2) is 4.68 Å². The van der Waals surface area contributed by atoms with Gasteiger partial charge in [-0.15, -0.1) is 0 Å². The van der Waals surface area contributed by atoms with Crippen molar-refractivity contribution in [2.45, 2.75) is 46.5 Å². The third-order valence-corrected chi connectivity index (χ3v) is 4.57. The second kappa shape index (κ2) is 7.60. The van der Waals surface area contributed by atoms with Crippen LogP contribution in [0.3, 0.4) is 0 Å². The normalized spacial score (nSPS) is 13.6. The Morgan fingerprint density at radius 1 is 1.33 bits per heavy atom. The maximum Gasteiger partial charge on any atom is 0.262 e. The van der Waals surface area contributed by atoms with E-state index >= 15 is 0 Å². The lowest BCUT2D eigenvalue weighted by Crippen LogP contribution is -2.16. The molecule has 1 heterocycles. The van der Waals surface area contributed by atoms with E-state index in [9.17, 15) is 9.18 Å². The minimum absolute atomic E-state index is 0.00174. The molecule has 1 N–H and O–H groups in total. The Morgan fingerprint density at radius 3 is 2.58 bits per heavy atom. The molecule has 4 nitrogen and oxygen atoms in total. The number of benzene rings is 1. The van der Waals surface area contributed by atoms with E-state index in [0.29, 0.717) is 17.5 Å². The number of carbonyl (C=O) groups is 1. The van der Waals surface area contributed by atoms with Crippen LogP contribution in [0.15, 0.2) is 24.3 Å². The third kappa shape index (κ3) is 3.83. The Kier molecular flexibility index (Phi) is 5.75. The zero-order valence-corrected chi connectivity index (χ0v) is 15.1. The average molecular weight is 331 g/mol. The SMILES string of the molecule is CCC(C)C[C@H](C)c1ccccc1NC(=O)c1c(C)nn(C)c1F. The van der Waals surface area contributed by atoms with Gasteiger partial charge in [-0.3, -0.25) is 4.79 Å². The van der Waals surface area contributed by atoms with Gasteiger partial charge in [0.15, 0.2) is 0 Å². The molecule has 0 saturated heterocycles. The Morgan fingerprint density at radius 2 is 2.00 bits per heavy atom. The number of hydrogen-bond acceptors (Lipinski definition) is 2. The number of anilines is 1. The van der Waals surface area contributed by atoms with E-state index < -0.39 is 11.9 Å². The molecule has 2 aromatic rings. The number of amides is 1. The highest BCUT2D eigenvalue weighted by molar-refractivity contribution is 6.05. The first-order valence-corrected chi connectivity index (χ1v) is 8.44. The molecule has 2 atom stereocenters. The van der Waals surface area contributed by atoms with Gasteiger partial charge < -0.3 is 5.32 Å². The molecule has 1 aromatic heterocycles. The maximum atomic E-state index is 14.1. The lowest BCUT2D eigenvalue weighted by atomic mass is 9.89. The number of para-hydroxylation sites is 1. The summed E-state index contributed by atoms with van der Waals surface area (Å²) in [6.45, 7) is 8.20. The highest BCUT2D eigenvalue weighted by Gasteiger charge is 2.22. The first kappa shape index (κ1) is 18.2. The Hall–Kier alpha value is -2.17. The van der Waals surface area contributed by atoms with Crippen LogP contribution >= 0.6 is 0 Å². The van der Waals surface area contributed by atoms with Gasteiger partial charge in [-0.2, -0.15) is 9.49 Å². The zero-order chi connectivity index (χ0) is 17.9. The van der Waals surface area contributed by atoms with E-state index in [4.69, 9.17) is 0 Å². The van der Waals surface area contributed by atoms with Gasteiger partial charge in [0, 0.05) is 12.7 Å². The maximum absolute atomic E-state index is 14.1. The molecular formula is C19H26FN3O. The van der Waals surface area contributed by atoms with E-state index in [1.54, 1.807) is 6.92 Å². The van der Waals surface area contributed by atoms with E-state index in [0.717, 1.165) is 28.8 Å². The number of aryl methyl sites for hydroxylation is 2. The van der Waals surface area contributed by atoms with E-state index in [-0.39, 0.29) is 5.56 Å². The Balaban J connectivity index is 2.25. The van der Waals surface area contributed by atoms with Crippen molar-refractivity contribution in [3.63, 3.8) is 0 Å². The number of hydrogen-bond donors (Lipinski definition) is 1. The van der Waals surface area contributed by atoms with Crippen molar-refractivity contribution in [3.8, 4) is 0 Å². The standard InChI is InChI=1S/C19H26FN3O/c1-6-12(2)11-13(3)15-9-7-8-10-16(15)21-19(24)17-14(4)22-23(5)18(17)20/h7-10,12-13H,6,11H2,1-5H3,(H,21,24)/t12?,13-/m0/s1. The van der Waals surface area contributed by atoms with Gasteiger partial charge in [-0.1, -0.05) is 45.4 Å². The smallest absolute Gasteiger partial charge is 0.262 e. The number of carbonyl (C=O) groups excluding carboxylic acids is 1. The molecule has 0 bridgehead atoms. The van der Waals surface area contributed by atoms with Crippen LogP contribution in [0.5, 0.6) is 0 Å². The van der Waals surface area contributed by atoms with Gasteiger partial charge >= 0.3 is 0 Å². The molecule has 2 rings (SSSR count). The second-order valence-corrected chi connectivity index (χ2v) is 6.57. The number of rotatable bonds is 6. The predicted octanol–water partition coefficient (Wildman–Crippen LogP) is 4.66. The van der Waals surface area contributed by atoms with E-state index in [2.05, 4.69) is 31.2 Å². The van der Waals surface area contributed by atoms with Gasteiger partial charge in [0.25, 0.3) is 5.91 Å². The van der Waals surface area contributed by atoms with Crippen molar-refractivity contribution < 1.29 is 9.18 Å². The van der Waals surface area contributed by atoms with Crippen LogP contribution in [0.2, 0.25) is 0 Å². The predicted molar refractivity (Wildman–Crippen MR) is 94.8 cm³/mol. The number of nitrogens with zero attached hydrogens (tertiary/aromatic N) is 2. The van der Waals surface area contributed by atoms with Gasteiger partial charge in [0.1, 0.15) is 5.56 Å². The fraction of sp³-hybridized carbons (Fsp3) is 0.474. The van der Waals surface area contributed by atoms with Crippen molar-refractivity contribution in [2.24, 2.45) is 13.0 Å². The summed E-state index contributed by atoms with van der Waals surface area (Å²) in [6.07, 6.45) is 2.17. The summed E-state index contributed by atoms with van der Waals surface area (Å²) in [4.78, 5) is 12.5. The molecule has 0 aliphatic carbocycles. The highest BCUT2D eigenvalue weighted by Crippen LogP contribution is 2.30. The zero-order valence-electron chi connectivity index (χ0n) is 15.1. The summed E-state index contributed by atoms with van der Waals surface area (Å²) in [6, 6.07) is 7.73. The molecule has 0 fully saturated rings. The summed E-state index contributed by atoms with van der Waals surface area (Å²) in [5.41, 5.74) is 2.20. The van der Waals surface area contributed by atoms with Crippen LogP contribution in [0, 0.1) is 18.8 Å². The molecule has 0 spiro atoms. The average Bonchev–Trinajstić information content (AvgIpc) is 2.80. The van der Waals surface area contributed by atoms with Crippen LogP contribution in [-0.2, 0) is 7.05 Å². The number of aromatic nitrogens is 2. The molecular weight excluding hydrogens is 305 g/mol. The van der Waals surface area contributed by atoms with Crippen molar-refractivity contribution in [1.82, 2.24) is 9.78 Å². The van der Waals surface area contributed by atoms with Crippen molar-refractivity contribution in [1.29, 1.82) is 0 Å². The van der Waals surface area contributed by atoms with E-state index in [1.807, 2.05) is 24.3 Å². The fourth-order valence-corrected chi connectivity index (χ4v) is 3.01. The summed E-state index contributed by atoms with van der Waals surface area (Å²) < 4.78 is 15.2. The quantitative estimate of drug-likeness (QED) is 0.837. The molecule has 0 aliphatic heterocycles. The van der Waals surface area contributed by atoms with E-state index in [1.165, 1.54) is 7.05 Å². The molecule has 0 aliphatic rings. The minimum atomic E-state index is -0.616. The minimum Gasteiger partial charge on any atom is -0.322 e. The number of halogens is 1. The Labute approximate surface area is 143 Å². The first-order valence-electron chi connectivity index (χ1n) is 8.44. The Bertz CT molecular complexity index is 723. The van der Waals surface area contributed by atoms with Crippen LogP contribution in [-0.4, -0.2) is 15.7 Å². The van der Waals surface area contributed by atoms with Crippen molar-refractivity contribution in [3.05, 3.63) is 47.0 Å². The summed E-state index contributed by atoms with van der Waals surface area (Å²) in [7, 11) is 1.49. The van der Waals surface area contributed by atoms with Gasteiger partial charge in [0.05, 0.1) is 5.69 Å². The molecule has 1 amide bonds. The molecule has 5 heteroatoms. The summed E-state index contributed by atoms with van der Waals surface area (Å²) in [5.74, 6) is -0.144.